The normalized spacial score (nSPS) is 19.2. The summed E-state index contributed by atoms with van der Waals surface area (Å²) in [4.78, 5) is 8.90. The molecule has 2 N–H and O–H groups in total. The number of nitrogens with one attached hydrogen (secondary N) is 1. The number of fused-ring (bicyclic) bond motifs is 1. The Morgan fingerprint density at radius 1 is 1.14 bits per heavy atom. The maximum absolute atomic E-state index is 13.5. The van der Waals surface area contributed by atoms with E-state index in [2.05, 4.69) is 15.3 Å². The van der Waals surface area contributed by atoms with Crippen LogP contribution in [-0.2, 0) is 18.6 Å². The van der Waals surface area contributed by atoms with Gasteiger partial charge < -0.3 is 10.4 Å². The summed E-state index contributed by atoms with van der Waals surface area (Å²) in [6.07, 6.45) is 5.35. The zero-order chi connectivity index (χ0) is 24.3. The van der Waals surface area contributed by atoms with Gasteiger partial charge in [-0.1, -0.05) is 0 Å². The molecule has 0 radical (unpaired) electrons. The summed E-state index contributed by atoms with van der Waals surface area (Å²) in [6.45, 7) is 6.64. The molecule has 35 heavy (non-hydrogen) atoms. The van der Waals surface area contributed by atoms with Crippen molar-refractivity contribution < 1.29 is 9.50 Å². The van der Waals surface area contributed by atoms with Crippen LogP contribution in [0, 0.1) is 25.6 Å². The fourth-order valence-corrected chi connectivity index (χ4v) is 5.07. The molecule has 1 fully saturated rings. The zero-order valence-electron chi connectivity index (χ0n) is 20.1. The van der Waals surface area contributed by atoms with E-state index in [1.807, 2.05) is 31.5 Å². The lowest BCUT2D eigenvalue weighted by Gasteiger charge is -2.17. The minimum atomic E-state index is -0.866. The fourth-order valence-electron chi connectivity index (χ4n) is 5.07. The maximum atomic E-state index is 13.5. The smallest absolute Gasteiger partial charge is 0.159 e. The fraction of sp³-hybridized carbons (Fsp3) is 0.385. The van der Waals surface area contributed by atoms with Crippen molar-refractivity contribution in [2.45, 2.75) is 58.6 Å². The second-order valence-corrected chi connectivity index (χ2v) is 9.93. The molecular formula is C26H28FN7O. The van der Waals surface area contributed by atoms with E-state index in [0.29, 0.717) is 24.0 Å². The highest BCUT2D eigenvalue weighted by Gasteiger charge is 2.37. The predicted octanol–water partition coefficient (Wildman–Crippen LogP) is 4.59. The lowest BCUT2D eigenvalue weighted by atomic mass is 9.99. The number of aliphatic hydroxyl groups is 1. The lowest BCUT2D eigenvalue weighted by Crippen LogP contribution is -2.18. The largest absolute Gasteiger partial charge is 0.385 e. The van der Waals surface area contributed by atoms with Crippen molar-refractivity contribution in [3.63, 3.8) is 0 Å². The number of halogens is 1. The number of hydrogen-bond donors (Lipinski definition) is 2. The van der Waals surface area contributed by atoms with E-state index in [1.54, 1.807) is 16.8 Å². The van der Waals surface area contributed by atoms with E-state index in [9.17, 15) is 9.50 Å². The molecule has 1 unspecified atom stereocenters. The molecule has 1 aromatic carbocycles. The molecule has 0 aliphatic heterocycles. The van der Waals surface area contributed by atoms with Crippen LogP contribution in [0.4, 0.5) is 16.0 Å². The molecular weight excluding hydrogens is 445 g/mol. The molecule has 9 heteroatoms. The minimum absolute atomic E-state index is 0.267. The van der Waals surface area contributed by atoms with Gasteiger partial charge in [0, 0.05) is 35.0 Å². The first-order valence-electron chi connectivity index (χ1n) is 12.0. The molecule has 180 valence electrons. The van der Waals surface area contributed by atoms with E-state index >= 15 is 0 Å². The van der Waals surface area contributed by atoms with Gasteiger partial charge in [0.2, 0.25) is 0 Å². The predicted molar refractivity (Wildman–Crippen MR) is 130 cm³/mol. The molecule has 3 heterocycles. The Balaban J connectivity index is 1.36. The Kier molecular flexibility index (Phi) is 5.00. The number of nitrogens with zero attached hydrogens (tertiary/aromatic N) is 6. The SMILES string of the molecule is Cc1c(-c2ccc(F)cc2)nn(CC2CC2)c1Nc1cc(-n2nc3c(c2C)C(C)(O)CC3)ncn1. The van der Waals surface area contributed by atoms with E-state index in [-0.39, 0.29) is 5.82 Å². The highest BCUT2D eigenvalue weighted by Crippen LogP contribution is 2.39. The van der Waals surface area contributed by atoms with Gasteiger partial charge in [0.15, 0.2) is 5.82 Å². The third kappa shape index (κ3) is 3.89. The number of anilines is 2. The van der Waals surface area contributed by atoms with E-state index in [0.717, 1.165) is 52.6 Å². The number of aromatic nitrogens is 6. The van der Waals surface area contributed by atoms with Crippen LogP contribution < -0.4 is 5.32 Å². The third-order valence-electron chi connectivity index (χ3n) is 7.13. The Hall–Kier alpha value is -3.59. The first-order chi connectivity index (χ1) is 16.8. The van der Waals surface area contributed by atoms with E-state index in [4.69, 9.17) is 10.2 Å². The van der Waals surface area contributed by atoms with Crippen molar-refractivity contribution in [2.24, 2.45) is 5.92 Å². The van der Waals surface area contributed by atoms with Crippen molar-refractivity contribution in [1.29, 1.82) is 0 Å². The molecule has 2 aliphatic carbocycles. The Bertz CT molecular complexity index is 1420. The van der Waals surface area contributed by atoms with Crippen molar-refractivity contribution in [1.82, 2.24) is 29.5 Å². The molecule has 0 spiro atoms. The highest BCUT2D eigenvalue weighted by atomic mass is 19.1. The maximum Gasteiger partial charge on any atom is 0.159 e. The van der Waals surface area contributed by atoms with Gasteiger partial charge in [-0.3, -0.25) is 0 Å². The van der Waals surface area contributed by atoms with Crippen LogP contribution in [-0.4, -0.2) is 34.6 Å². The third-order valence-corrected chi connectivity index (χ3v) is 7.13. The zero-order valence-corrected chi connectivity index (χ0v) is 20.1. The molecule has 8 nitrogen and oxygen atoms in total. The second-order valence-electron chi connectivity index (χ2n) is 9.93. The summed E-state index contributed by atoms with van der Waals surface area (Å²) < 4.78 is 17.3. The topological polar surface area (TPSA) is 93.7 Å². The highest BCUT2D eigenvalue weighted by molar-refractivity contribution is 5.71. The van der Waals surface area contributed by atoms with Crippen LogP contribution in [0.15, 0.2) is 36.7 Å². The van der Waals surface area contributed by atoms with Crippen LogP contribution in [0.3, 0.4) is 0 Å². The molecule has 2 aliphatic rings. The second kappa shape index (κ2) is 7.98. The van der Waals surface area contributed by atoms with Crippen molar-refractivity contribution >= 4 is 11.6 Å². The summed E-state index contributed by atoms with van der Waals surface area (Å²) in [5, 5.41) is 23.8. The number of rotatable bonds is 6. The average molecular weight is 474 g/mol. The molecule has 1 saturated carbocycles. The number of hydrogen-bond acceptors (Lipinski definition) is 6. The van der Waals surface area contributed by atoms with Gasteiger partial charge >= 0.3 is 0 Å². The minimum Gasteiger partial charge on any atom is -0.385 e. The Morgan fingerprint density at radius 2 is 1.91 bits per heavy atom. The summed E-state index contributed by atoms with van der Waals surface area (Å²) in [5.41, 5.74) is 4.51. The van der Waals surface area contributed by atoms with Crippen molar-refractivity contribution in [2.75, 3.05) is 5.32 Å². The van der Waals surface area contributed by atoms with Crippen molar-refractivity contribution in [3.05, 3.63) is 65.0 Å². The van der Waals surface area contributed by atoms with Crippen LogP contribution in [0.2, 0.25) is 0 Å². The monoisotopic (exact) mass is 473 g/mol. The van der Waals surface area contributed by atoms with Gasteiger partial charge in [-0.2, -0.15) is 10.2 Å². The lowest BCUT2D eigenvalue weighted by molar-refractivity contribution is 0.0585. The van der Waals surface area contributed by atoms with Crippen molar-refractivity contribution in [3.8, 4) is 17.1 Å². The first kappa shape index (κ1) is 21.9. The molecule has 4 aromatic rings. The molecule has 6 rings (SSSR count). The first-order valence-corrected chi connectivity index (χ1v) is 12.0. The quantitative estimate of drug-likeness (QED) is 0.426. The Morgan fingerprint density at radius 3 is 2.63 bits per heavy atom. The molecule has 1 atom stereocenters. The van der Waals surface area contributed by atoms with Gasteiger partial charge in [-0.15, -0.1) is 0 Å². The molecule has 0 bridgehead atoms. The average Bonchev–Trinajstić information content (AvgIpc) is 3.42. The van der Waals surface area contributed by atoms with Crippen LogP contribution in [0.25, 0.3) is 17.1 Å². The summed E-state index contributed by atoms with van der Waals surface area (Å²) >= 11 is 0. The number of benzene rings is 1. The summed E-state index contributed by atoms with van der Waals surface area (Å²) in [5.74, 6) is 2.48. The van der Waals surface area contributed by atoms with Gasteiger partial charge in [-0.05, 0) is 76.6 Å². The van der Waals surface area contributed by atoms with Gasteiger partial charge in [-0.25, -0.2) is 23.7 Å². The van der Waals surface area contributed by atoms with Gasteiger partial charge in [0.25, 0.3) is 0 Å². The summed E-state index contributed by atoms with van der Waals surface area (Å²) in [7, 11) is 0. The van der Waals surface area contributed by atoms with E-state index < -0.39 is 5.60 Å². The molecule has 0 saturated heterocycles. The van der Waals surface area contributed by atoms with Crippen LogP contribution in [0.1, 0.15) is 48.7 Å². The molecule has 0 amide bonds. The standard InChI is InChI=1S/C26H28FN7O/c1-15-24(18-6-8-19(27)9-7-18)32-33(13-17-4-5-17)25(15)30-21-12-22(29-14-28-21)34-16(2)23-20(31-34)10-11-26(23,3)35/h6-9,12,14,17,35H,4-5,10-11,13H2,1-3H3,(H,28,29,30). The summed E-state index contributed by atoms with van der Waals surface area (Å²) in [6, 6.07) is 8.29. The van der Waals surface area contributed by atoms with Gasteiger partial charge in [0.1, 0.15) is 23.8 Å². The molecule has 3 aromatic heterocycles. The van der Waals surface area contributed by atoms with Crippen LogP contribution >= 0.6 is 0 Å². The Labute approximate surface area is 202 Å². The van der Waals surface area contributed by atoms with Gasteiger partial charge in [0.05, 0.1) is 17.0 Å². The van der Waals surface area contributed by atoms with Crippen LogP contribution in [0.5, 0.6) is 0 Å². The van der Waals surface area contributed by atoms with E-state index in [1.165, 1.54) is 31.3 Å². The number of aryl methyl sites for hydroxylation is 1.